The van der Waals surface area contributed by atoms with Crippen LogP contribution in [0.25, 0.3) is 0 Å². The SMILES string of the molecule is CS[C@H]1C[C@@H]2CC(=O)[C@H]1C2. The van der Waals surface area contributed by atoms with E-state index in [1.54, 1.807) is 0 Å². The standard InChI is InChI=1S/C8H12OS/c1-10-8-4-5-2-6(8)7(9)3-5/h5-6,8H,2-4H2,1H3/t5-,6+,8-/m0/s1. The molecule has 0 amide bonds. The number of carbonyl (C=O) groups excluding carboxylic acids is 1. The molecule has 0 spiro atoms. The van der Waals surface area contributed by atoms with Crippen molar-refractivity contribution < 1.29 is 4.79 Å². The van der Waals surface area contributed by atoms with E-state index in [9.17, 15) is 4.79 Å². The molecule has 2 aliphatic carbocycles. The lowest BCUT2D eigenvalue weighted by atomic mass is 9.99. The number of fused-ring (bicyclic) bond motifs is 2. The van der Waals surface area contributed by atoms with E-state index in [4.69, 9.17) is 0 Å². The summed E-state index contributed by atoms with van der Waals surface area (Å²) in [6.07, 6.45) is 5.52. The van der Waals surface area contributed by atoms with Crippen LogP contribution in [0.15, 0.2) is 0 Å². The van der Waals surface area contributed by atoms with E-state index in [2.05, 4.69) is 6.26 Å². The van der Waals surface area contributed by atoms with Crippen LogP contribution in [-0.4, -0.2) is 17.3 Å². The van der Waals surface area contributed by atoms with Crippen molar-refractivity contribution >= 4 is 17.5 Å². The smallest absolute Gasteiger partial charge is 0.137 e. The molecule has 0 aromatic carbocycles. The molecule has 2 fully saturated rings. The van der Waals surface area contributed by atoms with Gasteiger partial charge in [-0.05, 0) is 25.0 Å². The third-order valence-electron chi connectivity index (χ3n) is 2.81. The van der Waals surface area contributed by atoms with E-state index in [1.807, 2.05) is 11.8 Å². The van der Waals surface area contributed by atoms with Crippen LogP contribution in [0.2, 0.25) is 0 Å². The Morgan fingerprint density at radius 3 is 2.70 bits per heavy atom. The van der Waals surface area contributed by atoms with Gasteiger partial charge >= 0.3 is 0 Å². The Kier molecular flexibility index (Phi) is 1.52. The normalized spacial score (nSPS) is 44.9. The maximum Gasteiger partial charge on any atom is 0.137 e. The van der Waals surface area contributed by atoms with Gasteiger partial charge in [-0.2, -0.15) is 11.8 Å². The molecule has 0 N–H and O–H groups in total. The van der Waals surface area contributed by atoms with Crippen LogP contribution in [0.5, 0.6) is 0 Å². The van der Waals surface area contributed by atoms with Crippen molar-refractivity contribution in [3.8, 4) is 0 Å². The highest BCUT2D eigenvalue weighted by Gasteiger charge is 2.44. The summed E-state index contributed by atoms with van der Waals surface area (Å²) in [5.74, 6) is 1.74. The van der Waals surface area contributed by atoms with Gasteiger partial charge in [0.15, 0.2) is 0 Å². The highest BCUT2D eigenvalue weighted by molar-refractivity contribution is 7.99. The van der Waals surface area contributed by atoms with Gasteiger partial charge in [0.25, 0.3) is 0 Å². The van der Waals surface area contributed by atoms with E-state index >= 15 is 0 Å². The van der Waals surface area contributed by atoms with Crippen LogP contribution in [0.3, 0.4) is 0 Å². The second kappa shape index (κ2) is 2.26. The molecule has 2 heteroatoms. The second-order valence-corrected chi connectivity index (χ2v) is 4.47. The van der Waals surface area contributed by atoms with Crippen molar-refractivity contribution in [1.82, 2.24) is 0 Å². The third kappa shape index (κ3) is 0.815. The van der Waals surface area contributed by atoms with E-state index < -0.39 is 0 Å². The Balaban J connectivity index is 2.12. The Labute approximate surface area is 65.6 Å². The van der Waals surface area contributed by atoms with Crippen LogP contribution < -0.4 is 0 Å². The maximum atomic E-state index is 11.2. The van der Waals surface area contributed by atoms with Gasteiger partial charge < -0.3 is 0 Å². The van der Waals surface area contributed by atoms with E-state index in [0.29, 0.717) is 17.0 Å². The van der Waals surface area contributed by atoms with E-state index in [1.165, 1.54) is 12.8 Å². The minimum atomic E-state index is 0.444. The first-order valence-corrected chi connectivity index (χ1v) is 5.15. The average molecular weight is 156 g/mol. The summed E-state index contributed by atoms with van der Waals surface area (Å²) in [6, 6.07) is 0. The van der Waals surface area contributed by atoms with E-state index in [-0.39, 0.29) is 0 Å². The van der Waals surface area contributed by atoms with Crippen molar-refractivity contribution in [2.45, 2.75) is 24.5 Å². The molecule has 2 aliphatic rings. The number of carbonyl (C=O) groups is 1. The number of hydrogen-bond acceptors (Lipinski definition) is 2. The van der Waals surface area contributed by atoms with Crippen molar-refractivity contribution in [2.24, 2.45) is 11.8 Å². The van der Waals surface area contributed by atoms with Crippen LogP contribution >= 0.6 is 11.8 Å². The first-order valence-electron chi connectivity index (χ1n) is 3.86. The zero-order valence-corrected chi connectivity index (χ0v) is 6.99. The molecular weight excluding hydrogens is 144 g/mol. The van der Waals surface area contributed by atoms with Gasteiger partial charge in [0.2, 0.25) is 0 Å². The lowest BCUT2D eigenvalue weighted by Gasteiger charge is -2.17. The lowest BCUT2D eigenvalue weighted by molar-refractivity contribution is -0.121. The van der Waals surface area contributed by atoms with Crippen LogP contribution in [0.1, 0.15) is 19.3 Å². The summed E-state index contributed by atoms with van der Waals surface area (Å²) in [5, 5.41) is 0.672. The molecule has 10 heavy (non-hydrogen) atoms. The first-order chi connectivity index (χ1) is 4.81. The van der Waals surface area contributed by atoms with Crippen molar-refractivity contribution in [1.29, 1.82) is 0 Å². The maximum absolute atomic E-state index is 11.2. The molecule has 2 bridgehead atoms. The molecular formula is C8H12OS. The molecule has 2 rings (SSSR count). The van der Waals surface area contributed by atoms with Crippen LogP contribution in [0, 0.1) is 11.8 Å². The summed E-state index contributed by atoms with van der Waals surface area (Å²) in [5.41, 5.74) is 0. The fourth-order valence-electron chi connectivity index (χ4n) is 2.30. The molecule has 0 unspecified atom stereocenters. The molecule has 3 atom stereocenters. The Hall–Kier alpha value is 0.0200. The minimum Gasteiger partial charge on any atom is -0.299 e. The van der Waals surface area contributed by atoms with Gasteiger partial charge in [0, 0.05) is 17.6 Å². The predicted molar refractivity (Wildman–Crippen MR) is 43.1 cm³/mol. The number of thioether (sulfide) groups is 1. The van der Waals surface area contributed by atoms with Gasteiger partial charge in [0.1, 0.15) is 5.78 Å². The fourth-order valence-corrected chi connectivity index (χ4v) is 3.36. The number of rotatable bonds is 1. The summed E-state index contributed by atoms with van der Waals surface area (Å²) >= 11 is 1.88. The quantitative estimate of drug-likeness (QED) is 0.575. The van der Waals surface area contributed by atoms with Crippen molar-refractivity contribution in [2.75, 3.05) is 6.26 Å². The van der Waals surface area contributed by atoms with Crippen LogP contribution in [-0.2, 0) is 4.79 Å². The Bertz CT molecular complexity index is 167. The summed E-state index contributed by atoms with van der Waals surface area (Å²) < 4.78 is 0. The third-order valence-corrected chi connectivity index (χ3v) is 3.93. The second-order valence-electron chi connectivity index (χ2n) is 3.39. The van der Waals surface area contributed by atoms with Crippen LogP contribution in [0.4, 0.5) is 0 Å². The summed E-state index contributed by atoms with van der Waals surface area (Å²) in [7, 11) is 0. The molecule has 0 aromatic heterocycles. The molecule has 2 saturated carbocycles. The Morgan fingerprint density at radius 1 is 1.50 bits per heavy atom. The zero-order chi connectivity index (χ0) is 7.14. The molecule has 56 valence electrons. The van der Waals surface area contributed by atoms with Gasteiger partial charge in [-0.15, -0.1) is 0 Å². The van der Waals surface area contributed by atoms with Crippen molar-refractivity contribution in [3.05, 3.63) is 0 Å². The monoisotopic (exact) mass is 156 g/mol. The van der Waals surface area contributed by atoms with Gasteiger partial charge in [-0.3, -0.25) is 4.79 Å². The van der Waals surface area contributed by atoms with E-state index in [0.717, 1.165) is 12.3 Å². The summed E-state index contributed by atoms with van der Waals surface area (Å²) in [6.45, 7) is 0. The highest BCUT2D eigenvalue weighted by Crippen LogP contribution is 2.46. The zero-order valence-electron chi connectivity index (χ0n) is 6.17. The molecule has 0 radical (unpaired) electrons. The molecule has 0 heterocycles. The summed E-state index contributed by atoms with van der Waals surface area (Å²) in [4.78, 5) is 11.2. The Morgan fingerprint density at radius 2 is 2.30 bits per heavy atom. The predicted octanol–water partition coefficient (Wildman–Crippen LogP) is 1.72. The topological polar surface area (TPSA) is 17.1 Å². The molecule has 0 aliphatic heterocycles. The molecule has 0 aromatic rings. The number of Topliss-reactive ketones (excluding diaryl/α,β-unsaturated/α-hetero) is 1. The average Bonchev–Trinajstić information content (AvgIpc) is 2.44. The van der Waals surface area contributed by atoms with Crippen molar-refractivity contribution in [3.63, 3.8) is 0 Å². The fraction of sp³-hybridized carbons (Fsp3) is 0.875. The molecule has 0 saturated heterocycles. The number of ketones is 1. The van der Waals surface area contributed by atoms with Gasteiger partial charge in [0.05, 0.1) is 0 Å². The largest absolute Gasteiger partial charge is 0.299 e. The van der Waals surface area contributed by atoms with Gasteiger partial charge in [-0.25, -0.2) is 0 Å². The lowest BCUT2D eigenvalue weighted by Crippen LogP contribution is -2.21. The minimum absolute atomic E-state index is 0.444. The molecule has 1 nitrogen and oxygen atoms in total. The number of hydrogen-bond donors (Lipinski definition) is 0. The highest BCUT2D eigenvalue weighted by atomic mass is 32.2. The first kappa shape index (κ1) is 6.71. The van der Waals surface area contributed by atoms with Gasteiger partial charge in [-0.1, -0.05) is 0 Å².